The molecule has 0 heterocycles. The molecule has 0 aliphatic heterocycles. The van der Waals surface area contributed by atoms with Crippen LogP contribution in [-0.4, -0.2) is 45.4 Å². The summed E-state index contributed by atoms with van der Waals surface area (Å²) in [7, 11) is 0. The van der Waals surface area contributed by atoms with Crippen LogP contribution >= 0.6 is 0 Å². The molecule has 6 nitrogen and oxygen atoms in total. The summed E-state index contributed by atoms with van der Waals surface area (Å²) in [6.45, 7) is 7.90. The Bertz CT molecular complexity index is 666. The van der Waals surface area contributed by atoms with E-state index < -0.39 is 23.7 Å². The van der Waals surface area contributed by atoms with Crippen LogP contribution in [0.15, 0.2) is 24.3 Å². The van der Waals surface area contributed by atoms with Crippen molar-refractivity contribution in [1.82, 2.24) is 4.90 Å². The van der Waals surface area contributed by atoms with Crippen LogP contribution in [0, 0.1) is 0 Å². The molecule has 1 amide bonds. The quantitative estimate of drug-likeness (QED) is 0.297. The molecule has 0 aromatic heterocycles. The first kappa shape index (κ1) is 27.8. The lowest BCUT2D eigenvalue weighted by molar-refractivity contribution is -0.143. The molecule has 6 heteroatoms. The zero-order valence-corrected chi connectivity index (χ0v) is 20.4. The number of ether oxygens (including phenoxy) is 1. The third-order valence-electron chi connectivity index (χ3n) is 5.41. The number of carboxylic acid groups (broad SMARTS) is 1. The Kier molecular flexibility index (Phi) is 12.8. The third kappa shape index (κ3) is 12.0. The number of carbonyl (C=O) groups is 2. The lowest BCUT2D eigenvalue weighted by atomic mass is 10.0. The first-order chi connectivity index (χ1) is 15.1. The predicted molar refractivity (Wildman–Crippen MR) is 128 cm³/mol. The van der Waals surface area contributed by atoms with Crippen molar-refractivity contribution in [3.8, 4) is 5.75 Å². The van der Waals surface area contributed by atoms with E-state index in [-0.39, 0.29) is 12.2 Å². The summed E-state index contributed by atoms with van der Waals surface area (Å²) in [4.78, 5) is 26.3. The number of hydrogen-bond donors (Lipinski definition) is 2. The predicted octanol–water partition coefficient (Wildman–Crippen LogP) is 6.55. The van der Waals surface area contributed by atoms with Gasteiger partial charge in [0.25, 0.3) is 0 Å². The van der Waals surface area contributed by atoms with Crippen molar-refractivity contribution in [2.24, 2.45) is 0 Å². The summed E-state index contributed by atoms with van der Waals surface area (Å²) in [5, 5.41) is 19.4. The van der Waals surface area contributed by atoms with Gasteiger partial charge in [-0.05, 0) is 44.9 Å². The number of rotatable bonds is 15. The third-order valence-corrected chi connectivity index (χ3v) is 5.41. The van der Waals surface area contributed by atoms with Crippen LogP contribution in [-0.2, 0) is 16.0 Å². The van der Waals surface area contributed by atoms with Crippen molar-refractivity contribution in [3.63, 3.8) is 0 Å². The second-order valence-corrected chi connectivity index (χ2v) is 9.58. The molecule has 182 valence electrons. The minimum Gasteiger partial charge on any atom is -0.508 e. The summed E-state index contributed by atoms with van der Waals surface area (Å²) < 4.78 is 5.51. The highest BCUT2D eigenvalue weighted by Crippen LogP contribution is 2.19. The van der Waals surface area contributed by atoms with E-state index in [1.54, 1.807) is 32.9 Å². The van der Waals surface area contributed by atoms with E-state index in [2.05, 4.69) is 6.92 Å². The molecule has 0 saturated carbocycles. The van der Waals surface area contributed by atoms with Crippen molar-refractivity contribution < 1.29 is 24.5 Å². The highest BCUT2D eigenvalue weighted by molar-refractivity contribution is 5.80. The van der Waals surface area contributed by atoms with Crippen molar-refractivity contribution >= 4 is 12.1 Å². The van der Waals surface area contributed by atoms with E-state index >= 15 is 0 Å². The monoisotopic (exact) mass is 449 g/mol. The number of benzene rings is 1. The van der Waals surface area contributed by atoms with Crippen molar-refractivity contribution in [1.29, 1.82) is 0 Å². The SMILES string of the molecule is CCCCCCCCCCCCN(C(=O)OC(C)(C)C)C(Cc1ccc(O)cc1)C(=O)O. The number of aromatic hydroxyl groups is 1. The fourth-order valence-electron chi connectivity index (χ4n) is 3.65. The topological polar surface area (TPSA) is 87.1 Å². The van der Waals surface area contributed by atoms with E-state index in [0.29, 0.717) is 6.54 Å². The molecule has 2 N–H and O–H groups in total. The second kappa shape index (κ2) is 14.8. The minimum atomic E-state index is -1.06. The summed E-state index contributed by atoms with van der Waals surface area (Å²) in [6, 6.07) is 5.38. The molecule has 0 fully saturated rings. The summed E-state index contributed by atoms with van der Waals surface area (Å²) in [6.07, 6.45) is 11.2. The van der Waals surface area contributed by atoms with Gasteiger partial charge in [0.1, 0.15) is 17.4 Å². The van der Waals surface area contributed by atoms with E-state index in [9.17, 15) is 19.8 Å². The van der Waals surface area contributed by atoms with Gasteiger partial charge in [-0.1, -0.05) is 76.8 Å². The lowest BCUT2D eigenvalue weighted by Crippen LogP contribution is -2.48. The molecule has 32 heavy (non-hydrogen) atoms. The molecule has 0 spiro atoms. The van der Waals surface area contributed by atoms with Crippen LogP contribution in [0.3, 0.4) is 0 Å². The summed E-state index contributed by atoms with van der Waals surface area (Å²) in [5.74, 6) is -0.939. The number of unbranched alkanes of at least 4 members (excludes halogenated alkanes) is 9. The average molecular weight is 450 g/mol. The number of carbonyl (C=O) groups excluding carboxylic acids is 1. The van der Waals surface area contributed by atoms with Gasteiger partial charge in [-0.15, -0.1) is 0 Å². The molecule has 1 aromatic carbocycles. The zero-order valence-electron chi connectivity index (χ0n) is 20.4. The maximum atomic E-state index is 12.8. The first-order valence-electron chi connectivity index (χ1n) is 12.1. The molecule has 0 aliphatic carbocycles. The molecular formula is C26H43NO5. The van der Waals surface area contributed by atoms with Gasteiger partial charge in [0.2, 0.25) is 0 Å². The molecule has 1 atom stereocenters. The van der Waals surface area contributed by atoms with E-state index in [1.807, 2.05) is 0 Å². The normalized spacial score (nSPS) is 12.4. The fourth-order valence-corrected chi connectivity index (χ4v) is 3.65. The van der Waals surface area contributed by atoms with E-state index in [1.165, 1.54) is 62.0 Å². The number of nitrogens with zero attached hydrogens (tertiary/aromatic N) is 1. The molecule has 0 radical (unpaired) electrons. The van der Waals surface area contributed by atoms with Crippen molar-refractivity contribution in [2.75, 3.05) is 6.54 Å². The molecule has 0 saturated heterocycles. The Hall–Kier alpha value is -2.24. The summed E-state index contributed by atoms with van der Waals surface area (Å²) >= 11 is 0. The molecule has 1 unspecified atom stereocenters. The lowest BCUT2D eigenvalue weighted by Gasteiger charge is -2.31. The Balaban J connectivity index is 2.65. The second-order valence-electron chi connectivity index (χ2n) is 9.58. The molecule has 0 aliphatic rings. The Morgan fingerprint density at radius 2 is 1.41 bits per heavy atom. The number of hydrogen-bond acceptors (Lipinski definition) is 4. The number of amides is 1. The number of phenols is 1. The van der Waals surface area contributed by atoms with Gasteiger partial charge >= 0.3 is 12.1 Å². The van der Waals surface area contributed by atoms with Crippen LogP contribution in [0.25, 0.3) is 0 Å². The number of aliphatic carboxylic acids is 1. The minimum absolute atomic E-state index is 0.120. The Labute approximate surface area is 194 Å². The zero-order chi connectivity index (χ0) is 24.0. The molecule has 0 bridgehead atoms. The highest BCUT2D eigenvalue weighted by atomic mass is 16.6. The van der Waals surface area contributed by atoms with Crippen LogP contribution in [0.5, 0.6) is 5.75 Å². The van der Waals surface area contributed by atoms with Crippen molar-refractivity contribution in [3.05, 3.63) is 29.8 Å². The molecule has 1 rings (SSSR count). The number of phenolic OH excluding ortho intramolecular Hbond substituents is 1. The van der Waals surface area contributed by atoms with Crippen molar-refractivity contribution in [2.45, 2.75) is 110 Å². The maximum Gasteiger partial charge on any atom is 0.411 e. The summed E-state index contributed by atoms with van der Waals surface area (Å²) in [5.41, 5.74) is 0.0427. The Morgan fingerprint density at radius 1 is 0.906 bits per heavy atom. The van der Waals surface area contributed by atoms with Crippen LogP contribution in [0.4, 0.5) is 4.79 Å². The number of carboxylic acids is 1. The van der Waals surface area contributed by atoms with Gasteiger partial charge in [-0.2, -0.15) is 0 Å². The fraction of sp³-hybridized carbons (Fsp3) is 0.692. The maximum absolute atomic E-state index is 12.8. The van der Waals surface area contributed by atoms with E-state index in [4.69, 9.17) is 4.74 Å². The van der Waals surface area contributed by atoms with Gasteiger partial charge in [-0.3, -0.25) is 4.90 Å². The smallest absolute Gasteiger partial charge is 0.411 e. The van der Waals surface area contributed by atoms with Gasteiger partial charge in [-0.25, -0.2) is 9.59 Å². The highest BCUT2D eigenvalue weighted by Gasteiger charge is 2.32. The van der Waals surface area contributed by atoms with Crippen LogP contribution in [0.2, 0.25) is 0 Å². The van der Waals surface area contributed by atoms with E-state index in [0.717, 1.165) is 24.8 Å². The van der Waals surface area contributed by atoms with Gasteiger partial charge < -0.3 is 14.9 Å². The molecular weight excluding hydrogens is 406 g/mol. The molecule has 1 aromatic rings. The van der Waals surface area contributed by atoms with Gasteiger partial charge in [0, 0.05) is 13.0 Å². The van der Waals surface area contributed by atoms with Crippen LogP contribution in [0.1, 0.15) is 97.5 Å². The van der Waals surface area contributed by atoms with Crippen LogP contribution < -0.4 is 0 Å². The van der Waals surface area contributed by atoms with Gasteiger partial charge in [0.15, 0.2) is 0 Å². The average Bonchev–Trinajstić information content (AvgIpc) is 2.70. The largest absolute Gasteiger partial charge is 0.508 e. The van der Waals surface area contributed by atoms with Gasteiger partial charge in [0.05, 0.1) is 0 Å². The Morgan fingerprint density at radius 3 is 1.88 bits per heavy atom. The first-order valence-corrected chi connectivity index (χ1v) is 12.1. The standard InChI is InChI=1S/C26H43NO5/c1-5-6-7-8-9-10-11-12-13-14-19-27(25(31)32-26(2,3)4)23(24(29)30)20-21-15-17-22(28)18-16-21/h15-18,23,28H,5-14,19-20H2,1-4H3,(H,29,30).